The molecule has 1 aromatic carbocycles. The second-order valence-electron chi connectivity index (χ2n) is 5.40. The fourth-order valence-electron chi connectivity index (χ4n) is 2.53. The number of aromatic nitrogens is 1. The Kier molecular flexibility index (Phi) is 5.50. The average Bonchev–Trinajstić information content (AvgIpc) is 2.77. The van der Waals surface area contributed by atoms with E-state index < -0.39 is 11.6 Å². The number of aryl methyl sites for hydroxylation is 2. The Labute approximate surface area is 134 Å². The molecule has 0 saturated heterocycles. The van der Waals surface area contributed by atoms with Crippen molar-refractivity contribution >= 4 is 5.91 Å². The van der Waals surface area contributed by atoms with E-state index in [4.69, 9.17) is 4.74 Å². The number of hydrogen-bond donors (Lipinski definition) is 1. The maximum absolute atomic E-state index is 13.4. The highest BCUT2D eigenvalue weighted by atomic mass is 19.2. The van der Waals surface area contributed by atoms with Crippen LogP contribution >= 0.6 is 0 Å². The summed E-state index contributed by atoms with van der Waals surface area (Å²) in [6.07, 6.45) is 0. The van der Waals surface area contributed by atoms with E-state index in [2.05, 4.69) is 5.32 Å². The molecule has 6 heteroatoms. The van der Waals surface area contributed by atoms with Crippen molar-refractivity contribution in [2.75, 3.05) is 20.3 Å². The third-order valence-corrected chi connectivity index (χ3v) is 3.63. The Morgan fingerprint density at radius 3 is 2.61 bits per heavy atom. The van der Waals surface area contributed by atoms with Crippen molar-refractivity contribution in [2.24, 2.45) is 0 Å². The minimum Gasteiger partial charge on any atom is -0.383 e. The molecule has 0 fully saturated rings. The van der Waals surface area contributed by atoms with Gasteiger partial charge >= 0.3 is 0 Å². The number of methoxy groups -OCH3 is 1. The molecule has 2 aromatic rings. The lowest BCUT2D eigenvalue weighted by Crippen LogP contribution is -2.29. The van der Waals surface area contributed by atoms with Gasteiger partial charge in [-0.15, -0.1) is 0 Å². The summed E-state index contributed by atoms with van der Waals surface area (Å²) < 4.78 is 33.1. The first kappa shape index (κ1) is 17.1. The molecule has 0 saturated carbocycles. The van der Waals surface area contributed by atoms with Crippen LogP contribution in [0.15, 0.2) is 24.3 Å². The lowest BCUT2D eigenvalue weighted by atomic mass is 10.2. The molecular formula is C17H20F2N2O2. The van der Waals surface area contributed by atoms with Gasteiger partial charge in [0.25, 0.3) is 5.91 Å². The molecule has 0 atom stereocenters. The zero-order valence-electron chi connectivity index (χ0n) is 13.5. The first-order valence-corrected chi connectivity index (χ1v) is 7.31. The van der Waals surface area contributed by atoms with Crippen LogP contribution in [0.4, 0.5) is 8.78 Å². The molecule has 0 aliphatic rings. The molecule has 124 valence electrons. The van der Waals surface area contributed by atoms with Gasteiger partial charge in [0.2, 0.25) is 0 Å². The summed E-state index contributed by atoms with van der Waals surface area (Å²) in [6, 6.07) is 5.65. The van der Waals surface area contributed by atoms with Crippen LogP contribution < -0.4 is 5.32 Å². The number of carbonyl (C=O) groups excluding carboxylic acids is 1. The van der Waals surface area contributed by atoms with Gasteiger partial charge < -0.3 is 14.6 Å². The van der Waals surface area contributed by atoms with E-state index >= 15 is 0 Å². The molecule has 2 rings (SSSR count). The van der Waals surface area contributed by atoms with Gasteiger partial charge in [0, 0.05) is 25.9 Å². The van der Waals surface area contributed by atoms with E-state index in [0.29, 0.717) is 31.0 Å². The third kappa shape index (κ3) is 3.96. The maximum Gasteiger partial charge on any atom is 0.268 e. The molecule has 0 spiro atoms. The monoisotopic (exact) mass is 322 g/mol. The number of nitrogens with zero attached hydrogens (tertiary/aromatic N) is 1. The van der Waals surface area contributed by atoms with Crippen molar-refractivity contribution in [2.45, 2.75) is 20.4 Å². The predicted octanol–water partition coefficient (Wildman–Crippen LogP) is 2.81. The molecule has 1 N–H and O–H groups in total. The first-order chi connectivity index (χ1) is 10.9. The molecule has 1 aromatic heterocycles. The number of ether oxygens (including phenoxy) is 1. The van der Waals surface area contributed by atoms with Gasteiger partial charge in [-0.2, -0.15) is 0 Å². The van der Waals surface area contributed by atoms with Crippen LogP contribution in [0, 0.1) is 25.5 Å². The first-order valence-electron chi connectivity index (χ1n) is 7.31. The number of amides is 1. The smallest absolute Gasteiger partial charge is 0.268 e. The molecule has 0 radical (unpaired) electrons. The SMILES string of the molecule is COCCNC(=O)c1c(C)cc(C)n1Cc1ccc(F)c(F)c1. The van der Waals surface area contributed by atoms with Crippen molar-refractivity contribution in [3.05, 3.63) is 58.4 Å². The van der Waals surface area contributed by atoms with E-state index in [1.165, 1.54) is 6.07 Å². The quantitative estimate of drug-likeness (QED) is 0.831. The maximum atomic E-state index is 13.4. The fourth-order valence-corrected chi connectivity index (χ4v) is 2.53. The van der Waals surface area contributed by atoms with Gasteiger partial charge in [-0.1, -0.05) is 6.07 Å². The van der Waals surface area contributed by atoms with Crippen molar-refractivity contribution in [1.29, 1.82) is 0 Å². The minimum atomic E-state index is -0.893. The summed E-state index contributed by atoms with van der Waals surface area (Å²) in [5.41, 5.74) is 2.82. The average molecular weight is 322 g/mol. The van der Waals surface area contributed by atoms with Crippen LogP contribution in [-0.4, -0.2) is 30.7 Å². The molecule has 0 aliphatic carbocycles. The van der Waals surface area contributed by atoms with Crippen LogP contribution in [0.5, 0.6) is 0 Å². The van der Waals surface area contributed by atoms with E-state index in [9.17, 15) is 13.6 Å². The van der Waals surface area contributed by atoms with Crippen LogP contribution in [0.25, 0.3) is 0 Å². The van der Waals surface area contributed by atoms with Gasteiger partial charge in [0.1, 0.15) is 5.69 Å². The van der Waals surface area contributed by atoms with Gasteiger partial charge in [-0.25, -0.2) is 8.78 Å². The van der Waals surface area contributed by atoms with Gasteiger partial charge in [-0.3, -0.25) is 4.79 Å². The number of benzene rings is 1. The van der Waals surface area contributed by atoms with E-state index in [1.54, 1.807) is 11.7 Å². The molecule has 0 aliphatic heterocycles. The van der Waals surface area contributed by atoms with Crippen molar-refractivity contribution < 1.29 is 18.3 Å². The third-order valence-electron chi connectivity index (χ3n) is 3.63. The van der Waals surface area contributed by atoms with Crippen LogP contribution in [0.2, 0.25) is 0 Å². The molecular weight excluding hydrogens is 302 g/mol. The number of hydrogen-bond acceptors (Lipinski definition) is 2. The van der Waals surface area contributed by atoms with Crippen LogP contribution in [0.1, 0.15) is 27.3 Å². The standard InChI is InChI=1S/C17H20F2N2O2/c1-11-8-12(2)21(16(11)17(22)20-6-7-23-3)10-13-4-5-14(18)15(19)9-13/h4-5,8-9H,6-7,10H2,1-3H3,(H,20,22). The Morgan fingerprint density at radius 2 is 1.96 bits per heavy atom. The zero-order valence-corrected chi connectivity index (χ0v) is 13.5. The van der Waals surface area contributed by atoms with Gasteiger partial charge in [0.15, 0.2) is 11.6 Å². The highest BCUT2D eigenvalue weighted by Gasteiger charge is 2.17. The number of halogens is 2. The summed E-state index contributed by atoms with van der Waals surface area (Å²) in [4.78, 5) is 12.4. The Bertz CT molecular complexity index is 711. The molecule has 1 heterocycles. The van der Waals surface area contributed by atoms with E-state index in [1.807, 2.05) is 19.9 Å². The second-order valence-corrected chi connectivity index (χ2v) is 5.40. The lowest BCUT2D eigenvalue weighted by molar-refractivity contribution is 0.0927. The summed E-state index contributed by atoms with van der Waals surface area (Å²) in [5.74, 6) is -1.99. The number of rotatable bonds is 6. The number of carbonyl (C=O) groups is 1. The molecule has 0 unspecified atom stereocenters. The topological polar surface area (TPSA) is 43.3 Å². The molecule has 23 heavy (non-hydrogen) atoms. The Hall–Kier alpha value is -2.21. The van der Waals surface area contributed by atoms with Crippen LogP contribution in [0.3, 0.4) is 0 Å². The van der Waals surface area contributed by atoms with Crippen molar-refractivity contribution in [1.82, 2.24) is 9.88 Å². The molecule has 1 amide bonds. The van der Waals surface area contributed by atoms with Gasteiger partial charge in [0.05, 0.1) is 6.61 Å². The second kappa shape index (κ2) is 7.37. The van der Waals surface area contributed by atoms with E-state index in [0.717, 1.165) is 23.4 Å². The molecule has 4 nitrogen and oxygen atoms in total. The summed E-state index contributed by atoms with van der Waals surface area (Å²) in [5, 5.41) is 2.78. The van der Waals surface area contributed by atoms with Gasteiger partial charge in [-0.05, 0) is 43.2 Å². The summed E-state index contributed by atoms with van der Waals surface area (Å²) >= 11 is 0. The summed E-state index contributed by atoms with van der Waals surface area (Å²) in [7, 11) is 1.56. The lowest BCUT2D eigenvalue weighted by Gasteiger charge is -2.13. The summed E-state index contributed by atoms with van der Waals surface area (Å²) in [6.45, 7) is 4.85. The molecule has 0 bridgehead atoms. The minimum absolute atomic E-state index is 0.213. The zero-order chi connectivity index (χ0) is 17.0. The van der Waals surface area contributed by atoms with Crippen molar-refractivity contribution in [3.63, 3.8) is 0 Å². The Balaban J connectivity index is 2.27. The number of nitrogens with one attached hydrogen (secondary N) is 1. The fraction of sp³-hybridized carbons (Fsp3) is 0.353. The van der Waals surface area contributed by atoms with E-state index in [-0.39, 0.29) is 5.91 Å². The normalized spacial score (nSPS) is 10.8. The largest absolute Gasteiger partial charge is 0.383 e. The highest BCUT2D eigenvalue weighted by molar-refractivity contribution is 5.94. The highest BCUT2D eigenvalue weighted by Crippen LogP contribution is 2.18. The predicted molar refractivity (Wildman–Crippen MR) is 83.6 cm³/mol. The van der Waals surface area contributed by atoms with Crippen LogP contribution in [-0.2, 0) is 11.3 Å². The Morgan fingerprint density at radius 1 is 1.22 bits per heavy atom. The van der Waals surface area contributed by atoms with Crippen molar-refractivity contribution in [3.8, 4) is 0 Å².